The average Bonchev–Trinajstić information content (AvgIpc) is 3.05. The second kappa shape index (κ2) is 10.3. The number of amides is 1. The number of nitrogens with one attached hydrogen (secondary N) is 1. The Bertz CT molecular complexity index is 910. The lowest BCUT2D eigenvalue weighted by atomic mass is 9.98. The summed E-state index contributed by atoms with van der Waals surface area (Å²) in [7, 11) is 0. The summed E-state index contributed by atoms with van der Waals surface area (Å²) in [6, 6.07) is 15.6. The van der Waals surface area contributed by atoms with Crippen LogP contribution < -0.4 is 5.32 Å². The van der Waals surface area contributed by atoms with Gasteiger partial charge in [0.2, 0.25) is 0 Å². The van der Waals surface area contributed by atoms with Gasteiger partial charge < -0.3 is 15.2 Å². The highest BCUT2D eigenvalue weighted by molar-refractivity contribution is 5.79. The van der Waals surface area contributed by atoms with Gasteiger partial charge in [0, 0.05) is 23.4 Å². The molecule has 0 spiro atoms. The highest BCUT2D eigenvalue weighted by Crippen LogP contribution is 2.44. The number of hydrogen-bond acceptors (Lipinski definition) is 4. The molecule has 0 heterocycles. The fraction of sp³-hybridized carbons (Fsp3) is 0.364. The first-order valence-electron chi connectivity index (χ1n) is 9.94. The lowest BCUT2D eigenvalue weighted by molar-refractivity contribution is -0.137. The number of carboxylic acid groups (broad SMARTS) is 1. The predicted molar refractivity (Wildman–Crippen MR) is 112 cm³/mol. The Morgan fingerprint density at radius 3 is 2.33 bits per heavy atom. The minimum atomic E-state index is -0.992. The first-order chi connectivity index (χ1) is 14.6. The van der Waals surface area contributed by atoms with Gasteiger partial charge in [0.1, 0.15) is 6.61 Å². The van der Waals surface area contributed by atoms with Gasteiger partial charge in [0.25, 0.3) is 0 Å². The summed E-state index contributed by atoms with van der Waals surface area (Å²) in [6.07, 6.45) is 0.925. The fourth-order valence-corrected chi connectivity index (χ4v) is 3.86. The van der Waals surface area contributed by atoms with Gasteiger partial charge in [-0.15, -0.1) is 0 Å². The van der Waals surface area contributed by atoms with Gasteiger partial charge in [-0.25, -0.2) is 4.79 Å². The number of carbonyl (C=O) groups is 2. The van der Waals surface area contributed by atoms with Gasteiger partial charge in [0.15, 0.2) is 0 Å². The Hall–Kier alpha value is -3.51. The van der Waals surface area contributed by atoms with Crippen LogP contribution in [0.15, 0.2) is 53.6 Å². The standard InChI is InChI=1S/C22H24N4O4/c23-26-24-12-6-5-7-15(13-21(27)28)25-22(29)30-14-20-18-10-3-1-8-16(18)17-9-2-4-11-19(17)20/h1-4,8-11,15,20H,5-7,12-14H2,(H,25,29)(H,27,28)/t15-/m1/s1. The van der Waals surface area contributed by atoms with E-state index in [9.17, 15) is 9.59 Å². The molecule has 0 saturated heterocycles. The summed E-state index contributed by atoms with van der Waals surface area (Å²) in [5.74, 6) is -1.04. The van der Waals surface area contributed by atoms with Crippen molar-refractivity contribution in [2.75, 3.05) is 13.2 Å². The molecule has 1 amide bonds. The summed E-state index contributed by atoms with van der Waals surface area (Å²) in [6.45, 7) is 0.526. The largest absolute Gasteiger partial charge is 0.481 e. The molecule has 0 saturated carbocycles. The average molecular weight is 408 g/mol. The normalized spacial score (nSPS) is 12.9. The molecule has 2 N–H and O–H groups in total. The highest BCUT2D eigenvalue weighted by Gasteiger charge is 2.29. The predicted octanol–water partition coefficient (Wildman–Crippen LogP) is 4.85. The van der Waals surface area contributed by atoms with E-state index in [4.69, 9.17) is 15.4 Å². The SMILES string of the molecule is [N-]=[N+]=NCCCC[C@H](CC(=O)O)NC(=O)OCC1c2ccccc2-c2ccccc21. The van der Waals surface area contributed by atoms with Crippen molar-refractivity contribution in [1.29, 1.82) is 0 Å². The fourth-order valence-electron chi connectivity index (χ4n) is 3.86. The number of carbonyl (C=O) groups excluding carboxylic acids is 1. The van der Waals surface area contributed by atoms with E-state index in [0.717, 1.165) is 22.3 Å². The molecule has 1 aliphatic carbocycles. The molecule has 8 nitrogen and oxygen atoms in total. The molecule has 0 aliphatic heterocycles. The molecule has 1 atom stereocenters. The van der Waals surface area contributed by atoms with Crippen LogP contribution in [-0.4, -0.2) is 36.4 Å². The van der Waals surface area contributed by atoms with Crippen LogP contribution in [0.4, 0.5) is 4.79 Å². The van der Waals surface area contributed by atoms with E-state index in [0.29, 0.717) is 25.8 Å². The zero-order valence-corrected chi connectivity index (χ0v) is 16.5. The Morgan fingerprint density at radius 2 is 1.73 bits per heavy atom. The van der Waals surface area contributed by atoms with Crippen LogP contribution in [0.2, 0.25) is 0 Å². The number of carboxylic acids is 1. The van der Waals surface area contributed by atoms with Crippen LogP contribution in [0.5, 0.6) is 0 Å². The Morgan fingerprint density at radius 1 is 1.10 bits per heavy atom. The zero-order valence-electron chi connectivity index (χ0n) is 16.5. The molecular weight excluding hydrogens is 384 g/mol. The molecular formula is C22H24N4O4. The first kappa shape index (κ1) is 21.2. The lowest BCUT2D eigenvalue weighted by Crippen LogP contribution is -2.37. The number of ether oxygens (including phenoxy) is 1. The van der Waals surface area contributed by atoms with Crippen molar-refractivity contribution in [3.05, 3.63) is 70.1 Å². The van der Waals surface area contributed by atoms with Crippen molar-refractivity contribution < 1.29 is 19.4 Å². The second-order valence-corrected chi connectivity index (χ2v) is 7.21. The summed E-state index contributed by atoms with van der Waals surface area (Å²) >= 11 is 0. The maximum Gasteiger partial charge on any atom is 0.407 e. The van der Waals surface area contributed by atoms with E-state index in [-0.39, 0.29) is 18.9 Å². The van der Waals surface area contributed by atoms with E-state index >= 15 is 0 Å². The quantitative estimate of drug-likeness (QED) is 0.252. The third-order valence-corrected chi connectivity index (χ3v) is 5.21. The minimum absolute atomic E-state index is 0.0510. The number of benzene rings is 2. The first-order valence-corrected chi connectivity index (χ1v) is 9.94. The van der Waals surface area contributed by atoms with Crippen LogP contribution in [0.25, 0.3) is 21.6 Å². The minimum Gasteiger partial charge on any atom is -0.481 e. The van der Waals surface area contributed by atoms with Crippen LogP contribution in [0.3, 0.4) is 0 Å². The molecule has 2 aromatic carbocycles. The number of azide groups is 1. The molecule has 0 unspecified atom stereocenters. The smallest absolute Gasteiger partial charge is 0.407 e. The van der Waals surface area contributed by atoms with Gasteiger partial charge in [-0.2, -0.15) is 0 Å². The van der Waals surface area contributed by atoms with Gasteiger partial charge in [-0.05, 0) is 40.6 Å². The number of unbranched alkanes of at least 4 members (excludes halogenated alkanes) is 1. The van der Waals surface area contributed by atoms with Crippen molar-refractivity contribution >= 4 is 12.1 Å². The zero-order chi connectivity index (χ0) is 21.3. The molecule has 0 radical (unpaired) electrons. The van der Waals surface area contributed by atoms with Crippen molar-refractivity contribution in [2.45, 2.75) is 37.6 Å². The summed E-state index contributed by atoms with van der Waals surface area (Å²) < 4.78 is 5.49. The molecule has 3 rings (SSSR count). The number of rotatable bonds is 10. The van der Waals surface area contributed by atoms with Gasteiger partial charge in [-0.1, -0.05) is 60.1 Å². The topological polar surface area (TPSA) is 124 Å². The lowest BCUT2D eigenvalue weighted by Gasteiger charge is -2.19. The van der Waals surface area contributed by atoms with Crippen molar-refractivity contribution in [2.24, 2.45) is 5.11 Å². The molecule has 30 heavy (non-hydrogen) atoms. The van der Waals surface area contributed by atoms with E-state index < -0.39 is 18.1 Å². The number of nitrogens with zero attached hydrogens (tertiary/aromatic N) is 3. The number of fused-ring (bicyclic) bond motifs is 3. The number of aliphatic carboxylic acids is 1. The van der Waals surface area contributed by atoms with Crippen LogP contribution >= 0.6 is 0 Å². The highest BCUT2D eigenvalue weighted by atomic mass is 16.5. The molecule has 1 aliphatic rings. The van der Waals surface area contributed by atoms with Crippen molar-refractivity contribution in [3.8, 4) is 11.1 Å². The second-order valence-electron chi connectivity index (χ2n) is 7.21. The van der Waals surface area contributed by atoms with Crippen molar-refractivity contribution in [3.63, 3.8) is 0 Å². The monoisotopic (exact) mass is 408 g/mol. The van der Waals surface area contributed by atoms with Crippen LogP contribution in [-0.2, 0) is 9.53 Å². The third kappa shape index (κ3) is 5.30. The summed E-state index contributed by atoms with van der Waals surface area (Å²) in [5, 5.41) is 15.2. The Labute approximate surface area is 174 Å². The Balaban J connectivity index is 1.58. The van der Waals surface area contributed by atoms with Crippen LogP contribution in [0.1, 0.15) is 42.7 Å². The molecule has 0 fully saturated rings. The van der Waals surface area contributed by atoms with E-state index in [1.807, 2.05) is 36.4 Å². The number of alkyl carbamates (subject to hydrolysis) is 1. The molecule has 0 aromatic heterocycles. The van der Waals surface area contributed by atoms with Crippen molar-refractivity contribution in [1.82, 2.24) is 5.32 Å². The van der Waals surface area contributed by atoms with E-state index in [2.05, 4.69) is 27.5 Å². The van der Waals surface area contributed by atoms with Crippen LogP contribution in [0, 0.1) is 0 Å². The van der Waals surface area contributed by atoms with Gasteiger partial charge in [0.05, 0.1) is 6.42 Å². The maximum absolute atomic E-state index is 12.4. The Kier molecular flexibility index (Phi) is 7.29. The van der Waals surface area contributed by atoms with E-state index in [1.54, 1.807) is 0 Å². The molecule has 156 valence electrons. The molecule has 8 heteroatoms. The molecule has 2 aromatic rings. The van der Waals surface area contributed by atoms with Gasteiger partial charge in [-0.3, -0.25) is 4.79 Å². The van der Waals surface area contributed by atoms with E-state index in [1.165, 1.54) is 0 Å². The maximum atomic E-state index is 12.4. The molecule has 0 bridgehead atoms. The summed E-state index contributed by atoms with van der Waals surface area (Å²) in [5.41, 5.74) is 12.8. The summed E-state index contributed by atoms with van der Waals surface area (Å²) in [4.78, 5) is 26.2. The number of hydrogen-bond donors (Lipinski definition) is 2. The third-order valence-electron chi connectivity index (χ3n) is 5.21. The van der Waals surface area contributed by atoms with Gasteiger partial charge >= 0.3 is 12.1 Å².